The van der Waals surface area contributed by atoms with Crippen molar-refractivity contribution in [3.05, 3.63) is 0 Å². The maximum atomic E-state index is 4.64. The van der Waals surface area contributed by atoms with Crippen LogP contribution in [-0.4, -0.2) is 19.0 Å². The van der Waals surface area contributed by atoms with E-state index in [1.165, 1.54) is 0 Å². The minimum absolute atomic E-state index is 0. The summed E-state index contributed by atoms with van der Waals surface area (Å²) in [5.74, 6) is 0. The molecule has 0 amide bonds. The highest BCUT2D eigenvalue weighted by atomic mass is 79.9. The fourth-order valence-corrected chi connectivity index (χ4v) is 0.401. The molecule has 0 aromatic rings. The van der Waals surface area contributed by atoms with E-state index in [-0.39, 0.29) is 9.90 Å². The second-order valence-corrected chi connectivity index (χ2v) is 1.47. The van der Waals surface area contributed by atoms with Gasteiger partial charge in [-0.15, -0.1) is 0 Å². The van der Waals surface area contributed by atoms with Crippen molar-refractivity contribution >= 4 is 25.8 Å². The van der Waals surface area contributed by atoms with Crippen LogP contribution < -0.4 is 0 Å². The average Bonchev–Trinajstić information content (AvgIpc) is 1.75. The zero-order chi connectivity index (χ0) is 6.12. The molecule has 0 aliphatic rings. The van der Waals surface area contributed by atoms with Crippen molar-refractivity contribution in [2.24, 2.45) is 0 Å². The summed E-state index contributed by atoms with van der Waals surface area (Å²) >= 11 is 3.18. The van der Waals surface area contributed by atoms with Crippen molar-refractivity contribution in [1.82, 2.24) is 0 Å². The summed E-state index contributed by atoms with van der Waals surface area (Å²) in [5.41, 5.74) is 0. The number of rotatable bonds is 2. The molecule has 0 saturated carbocycles. The molecule has 3 heteroatoms. The molecule has 0 bridgehead atoms. The van der Waals surface area contributed by atoms with Crippen LogP contribution >= 0.6 is 25.8 Å². The van der Waals surface area contributed by atoms with Gasteiger partial charge in [-0.1, -0.05) is 29.8 Å². The first-order valence-corrected chi connectivity index (χ1v) is 3.59. The number of hydrogen-bond donors (Lipinski definition) is 0. The van der Waals surface area contributed by atoms with Gasteiger partial charge in [0.25, 0.3) is 0 Å². The van der Waals surface area contributed by atoms with Crippen LogP contribution in [0.15, 0.2) is 0 Å². The lowest BCUT2D eigenvalue weighted by atomic mass is 10.9. The number of halogens is 1. The van der Waals surface area contributed by atoms with Gasteiger partial charge in [0, 0.05) is 12.4 Å². The molecule has 0 saturated heterocycles. The summed E-state index contributed by atoms with van der Waals surface area (Å²) in [6.07, 6.45) is 0. The van der Waals surface area contributed by atoms with E-state index in [4.69, 9.17) is 0 Å². The monoisotopic (exact) mass is 202 g/mol. The first kappa shape index (κ1) is 15.9. The Labute approximate surface area is 63.9 Å². The predicted molar refractivity (Wildman–Crippen MR) is 48.1 cm³/mol. The van der Waals surface area contributed by atoms with E-state index in [1.54, 1.807) is 7.11 Å². The van der Waals surface area contributed by atoms with Gasteiger partial charge in [-0.3, -0.25) is 0 Å². The van der Waals surface area contributed by atoms with Crippen LogP contribution in [0.5, 0.6) is 0 Å². The van der Waals surface area contributed by atoms with Gasteiger partial charge in [-0.25, -0.2) is 0 Å². The zero-order valence-corrected chi connectivity index (χ0v) is 8.91. The maximum Gasteiger partial charge on any atom is 0.0559 e. The second-order valence-electron chi connectivity index (χ2n) is 0.682. The van der Waals surface area contributed by atoms with E-state index in [2.05, 4.69) is 20.7 Å². The minimum Gasteiger partial charge on any atom is -0.384 e. The smallest absolute Gasteiger partial charge is 0.0559 e. The summed E-state index contributed by atoms with van der Waals surface area (Å²) in [7, 11) is 1.68. The van der Waals surface area contributed by atoms with Gasteiger partial charge in [0.2, 0.25) is 0 Å². The summed E-state index contributed by atoms with van der Waals surface area (Å²) in [4.78, 5) is 0. The van der Waals surface area contributed by atoms with E-state index in [1.807, 2.05) is 13.8 Å². The molecule has 8 heavy (non-hydrogen) atoms. The van der Waals surface area contributed by atoms with Gasteiger partial charge >= 0.3 is 0 Å². The van der Waals surface area contributed by atoms with Crippen LogP contribution in [0, 0.1) is 0 Å². The number of ether oxygens (including phenoxy) is 1. The van der Waals surface area contributed by atoms with E-state index in [0.29, 0.717) is 0 Å². The lowest BCUT2D eigenvalue weighted by molar-refractivity contribution is 0.219. The van der Waals surface area contributed by atoms with Gasteiger partial charge in [-0.05, 0) is 0 Å². The van der Waals surface area contributed by atoms with E-state index >= 15 is 0 Å². The third-order valence-corrected chi connectivity index (χ3v) is 0.605. The van der Waals surface area contributed by atoms with Crippen molar-refractivity contribution in [3.63, 3.8) is 0 Å². The Morgan fingerprint density at radius 2 is 1.75 bits per heavy atom. The third kappa shape index (κ3) is 28.7. The Balaban J connectivity index is -0.0000000750. The molecule has 0 rings (SSSR count). The predicted octanol–water partition coefficient (Wildman–Crippen LogP) is 2.11. The van der Waals surface area contributed by atoms with Crippen molar-refractivity contribution in [3.8, 4) is 0 Å². The summed E-state index contributed by atoms with van der Waals surface area (Å²) in [6.45, 7) is 4.81. The van der Waals surface area contributed by atoms with Crippen molar-refractivity contribution in [2.75, 3.05) is 19.0 Å². The summed E-state index contributed by atoms with van der Waals surface area (Å²) < 4.78 is 4.64. The molecule has 0 fully saturated rings. The first-order valence-electron chi connectivity index (χ1n) is 2.46. The summed E-state index contributed by atoms with van der Waals surface area (Å²) in [5, 5.41) is 0.934. The molecule has 54 valence electrons. The molecule has 0 N–H and O–H groups in total. The molecule has 1 nitrogen and oxygen atoms in total. The van der Waals surface area contributed by atoms with Crippen LogP contribution in [-0.2, 0) is 4.74 Å². The van der Waals surface area contributed by atoms with Crippen molar-refractivity contribution < 1.29 is 4.74 Å². The molecule has 1 unspecified atom stereocenters. The number of alkyl halides is 1. The molecule has 0 heterocycles. The van der Waals surface area contributed by atoms with E-state index in [9.17, 15) is 0 Å². The summed E-state index contributed by atoms with van der Waals surface area (Å²) in [6, 6.07) is 0. The molecule has 0 aromatic carbocycles. The first-order chi connectivity index (χ1) is 3.41. The second kappa shape index (κ2) is 24.8. The Morgan fingerprint density at radius 1 is 1.38 bits per heavy atom. The fourth-order valence-electron chi connectivity index (χ4n) is 0.0772. The molecule has 0 aliphatic carbocycles. The minimum atomic E-state index is 0. The van der Waals surface area contributed by atoms with Gasteiger partial charge < -0.3 is 4.74 Å². The number of hydrogen-bond acceptors (Lipinski definition) is 1. The highest BCUT2D eigenvalue weighted by Crippen LogP contribution is 1.75. The normalized spacial score (nSPS) is 6.00. The standard InChI is InChI=1S/C3H7BrO.C2H6.H3P/c1-5-3-2-4;1-2;/h2-3H2,1H3;1-2H3;1H3. The van der Waals surface area contributed by atoms with Gasteiger partial charge in [0.05, 0.1) is 6.61 Å². The number of methoxy groups -OCH3 is 1. The Bertz CT molecular complexity index is 19.9. The van der Waals surface area contributed by atoms with Crippen LogP contribution in [0.25, 0.3) is 0 Å². The average molecular weight is 203 g/mol. The molecule has 0 aliphatic heterocycles. The molecular formula is C5H16BrOP. The van der Waals surface area contributed by atoms with Crippen LogP contribution in [0.2, 0.25) is 0 Å². The van der Waals surface area contributed by atoms with Crippen LogP contribution in [0.3, 0.4) is 0 Å². The fraction of sp³-hybridized carbons (Fsp3) is 1.00. The van der Waals surface area contributed by atoms with Gasteiger partial charge in [-0.2, -0.15) is 9.90 Å². The van der Waals surface area contributed by atoms with E-state index < -0.39 is 0 Å². The zero-order valence-electron chi connectivity index (χ0n) is 5.91. The topological polar surface area (TPSA) is 9.23 Å². The van der Waals surface area contributed by atoms with Crippen LogP contribution in [0.1, 0.15) is 13.8 Å². The molecule has 0 spiro atoms. The highest BCUT2D eigenvalue weighted by Gasteiger charge is 1.68. The highest BCUT2D eigenvalue weighted by molar-refractivity contribution is 9.09. The third-order valence-electron chi connectivity index (χ3n) is 0.281. The maximum absolute atomic E-state index is 4.64. The quantitative estimate of drug-likeness (QED) is 0.493. The SMILES string of the molecule is CC.COCCBr.P. The van der Waals surface area contributed by atoms with Gasteiger partial charge in [0.1, 0.15) is 0 Å². The molecular weight excluding hydrogens is 187 g/mol. The molecule has 0 radical (unpaired) electrons. The van der Waals surface area contributed by atoms with Crippen molar-refractivity contribution in [1.29, 1.82) is 0 Å². The lowest BCUT2D eigenvalue weighted by Crippen LogP contribution is -1.85. The van der Waals surface area contributed by atoms with E-state index in [0.717, 1.165) is 11.9 Å². The van der Waals surface area contributed by atoms with Gasteiger partial charge in [0.15, 0.2) is 0 Å². The molecule has 0 aromatic heterocycles. The Morgan fingerprint density at radius 3 is 1.75 bits per heavy atom. The Hall–Kier alpha value is 0.870. The largest absolute Gasteiger partial charge is 0.384 e. The molecule has 1 atom stereocenters. The van der Waals surface area contributed by atoms with Crippen molar-refractivity contribution in [2.45, 2.75) is 13.8 Å². The lowest BCUT2D eigenvalue weighted by Gasteiger charge is -1.83. The van der Waals surface area contributed by atoms with Crippen LogP contribution in [0.4, 0.5) is 0 Å². The Kier molecular flexibility index (Phi) is 49.4.